The van der Waals surface area contributed by atoms with Gasteiger partial charge in [0.2, 0.25) is 0 Å². The van der Waals surface area contributed by atoms with Crippen molar-refractivity contribution >= 4 is 5.91 Å². The minimum absolute atomic E-state index is 0.124. The van der Waals surface area contributed by atoms with E-state index in [0.717, 1.165) is 18.2 Å². The summed E-state index contributed by atoms with van der Waals surface area (Å²) in [7, 11) is 0. The molecule has 1 aromatic carbocycles. The Labute approximate surface area is 95.6 Å². The Morgan fingerprint density at radius 3 is 2.59 bits per heavy atom. The summed E-state index contributed by atoms with van der Waals surface area (Å²) < 4.78 is 37.1. The summed E-state index contributed by atoms with van der Waals surface area (Å²) in [5.41, 5.74) is -1.02. The van der Waals surface area contributed by atoms with Gasteiger partial charge in [-0.15, -0.1) is 0 Å². The van der Waals surface area contributed by atoms with E-state index in [-0.39, 0.29) is 17.9 Å². The van der Waals surface area contributed by atoms with Crippen molar-refractivity contribution in [2.24, 2.45) is 0 Å². The summed E-state index contributed by atoms with van der Waals surface area (Å²) in [5.74, 6) is -0.975. The number of rotatable bonds is 3. The molecule has 1 rings (SSSR count). The molecule has 0 fully saturated rings. The summed E-state index contributed by atoms with van der Waals surface area (Å²) >= 11 is 0. The van der Waals surface area contributed by atoms with Gasteiger partial charge in [0.1, 0.15) is 5.76 Å². The Hall–Kier alpha value is -1.98. The number of halogens is 3. The number of hydrogen-bond donors (Lipinski definition) is 2. The molecule has 0 atom stereocenters. The zero-order valence-corrected chi connectivity index (χ0v) is 8.71. The average molecular weight is 245 g/mol. The monoisotopic (exact) mass is 245 g/mol. The van der Waals surface area contributed by atoms with Crippen LogP contribution in [0.5, 0.6) is 0 Å². The summed E-state index contributed by atoms with van der Waals surface area (Å²) in [5, 5.41) is 11.0. The first-order valence-electron chi connectivity index (χ1n) is 4.63. The van der Waals surface area contributed by atoms with Gasteiger partial charge in [0, 0.05) is 5.56 Å². The van der Waals surface area contributed by atoms with E-state index in [1.807, 2.05) is 0 Å². The number of carbonyl (C=O) groups excluding carboxylic acids is 1. The molecule has 0 aliphatic rings. The van der Waals surface area contributed by atoms with Crippen LogP contribution in [0.1, 0.15) is 15.9 Å². The zero-order valence-electron chi connectivity index (χ0n) is 8.71. The predicted octanol–water partition coefficient (Wildman–Crippen LogP) is 2.51. The van der Waals surface area contributed by atoms with E-state index < -0.39 is 17.6 Å². The summed E-state index contributed by atoms with van der Waals surface area (Å²) in [6, 6.07) is 4.02. The maximum absolute atomic E-state index is 12.4. The van der Waals surface area contributed by atoms with Gasteiger partial charge < -0.3 is 10.4 Å². The van der Waals surface area contributed by atoms with Crippen molar-refractivity contribution in [1.29, 1.82) is 0 Å². The first kappa shape index (κ1) is 13.1. The summed E-state index contributed by atoms with van der Waals surface area (Å²) in [6.45, 7) is 2.94. The molecule has 0 aliphatic carbocycles. The Balaban J connectivity index is 2.85. The van der Waals surface area contributed by atoms with Gasteiger partial charge in [-0.2, -0.15) is 13.2 Å². The maximum Gasteiger partial charge on any atom is 0.416 e. The van der Waals surface area contributed by atoms with Gasteiger partial charge in [-0.1, -0.05) is 12.6 Å². The van der Waals surface area contributed by atoms with Gasteiger partial charge >= 0.3 is 6.18 Å². The number of nitrogens with one attached hydrogen (secondary N) is 1. The van der Waals surface area contributed by atoms with Crippen LogP contribution in [0.4, 0.5) is 13.2 Å². The third kappa shape index (κ3) is 3.82. The minimum atomic E-state index is -4.49. The molecule has 3 nitrogen and oxygen atoms in total. The molecular weight excluding hydrogens is 235 g/mol. The molecule has 0 heterocycles. The van der Waals surface area contributed by atoms with Crippen LogP contribution in [-0.4, -0.2) is 17.6 Å². The fourth-order valence-electron chi connectivity index (χ4n) is 1.12. The highest BCUT2D eigenvalue weighted by Gasteiger charge is 2.30. The van der Waals surface area contributed by atoms with E-state index >= 15 is 0 Å². The highest BCUT2D eigenvalue weighted by Crippen LogP contribution is 2.29. The van der Waals surface area contributed by atoms with E-state index in [2.05, 4.69) is 11.9 Å². The van der Waals surface area contributed by atoms with Crippen molar-refractivity contribution in [1.82, 2.24) is 5.32 Å². The molecule has 0 unspecified atom stereocenters. The maximum atomic E-state index is 12.4. The second-order valence-corrected chi connectivity index (χ2v) is 3.33. The van der Waals surface area contributed by atoms with Crippen molar-refractivity contribution in [3.63, 3.8) is 0 Å². The Bertz CT molecular complexity index is 441. The van der Waals surface area contributed by atoms with Crippen LogP contribution in [0.15, 0.2) is 36.6 Å². The molecule has 0 spiro atoms. The highest BCUT2D eigenvalue weighted by atomic mass is 19.4. The van der Waals surface area contributed by atoms with Crippen LogP contribution in [0.25, 0.3) is 0 Å². The van der Waals surface area contributed by atoms with E-state index in [1.165, 1.54) is 6.07 Å². The van der Waals surface area contributed by atoms with Gasteiger partial charge in [-0.05, 0) is 18.2 Å². The van der Waals surface area contributed by atoms with Gasteiger partial charge in [0.05, 0.1) is 12.1 Å². The van der Waals surface area contributed by atoms with Gasteiger partial charge in [0.25, 0.3) is 5.91 Å². The largest absolute Gasteiger partial charge is 0.511 e. The zero-order chi connectivity index (χ0) is 13.1. The number of carbonyl (C=O) groups is 1. The lowest BCUT2D eigenvalue weighted by molar-refractivity contribution is -0.137. The predicted molar refractivity (Wildman–Crippen MR) is 55.5 cm³/mol. The first-order chi connectivity index (χ1) is 7.80. The molecule has 92 valence electrons. The van der Waals surface area contributed by atoms with Crippen LogP contribution < -0.4 is 5.32 Å². The number of aliphatic hydroxyl groups is 1. The van der Waals surface area contributed by atoms with E-state index in [1.54, 1.807) is 0 Å². The van der Waals surface area contributed by atoms with Gasteiger partial charge in [-0.3, -0.25) is 4.79 Å². The molecule has 0 aromatic heterocycles. The number of benzene rings is 1. The lowest BCUT2D eigenvalue weighted by Gasteiger charge is -2.08. The van der Waals surface area contributed by atoms with Crippen LogP contribution in [0, 0.1) is 0 Å². The van der Waals surface area contributed by atoms with Crippen molar-refractivity contribution in [2.75, 3.05) is 6.54 Å². The normalized spacial score (nSPS) is 11.0. The van der Waals surface area contributed by atoms with Crippen LogP contribution in [0.2, 0.25) is 0 Å². The molecule has 6 heteroatoms. The second-order valence-electron chi connectivity index (χ2n) is 3.33. The Morgan fingerprint density at radius 2 is 2.06 bits per heavy atom. The molecule has 0 saturated heterocycles. The molecular formula is C11H10F3NO2. The average Bonchev–Trinajstić information content (AvgIpc) is 2.25. The van der Waals surface area contributed by atoms with E-state index in [9.17, 15) is 18.0 Å². The fourth-order valence-corrected chi connectivity index (χ4v) is 1.12. The molecule has 2 N–H and O–H groups in total. The van der Waals surface area contributed by atoms with Crippen molar-refractivity contribution in [3.8, 4) is 0 Å². The van der Waals surface area contributed by atoms with Crippen molar-refractivity contribution < 1.29 is 23.1 Å². The molecule has 1 amide bonds. The van der Waals surface area contributed by atoms with Crippen LogP contribution in [-0.2, 0) is 6.18 Å². The van der Waals surface area contributed by atoms with Crippen molar-refractivity contribution in [2.45, 2.75) is 6.18 Å². The second kappa shape index (κ2) is 4.90. The number of amides is 1. The first-order valence-corrected chi connectivity index (χ1v) is 4.63. The molecule has 17 heavy (non-hydrogen) atoms. The van der Waals surface area contributed by atoms with Crippen LogP contribution >= 0.6 is 0 Å². The van der Waals surface area contributed by atoms with E-state index in [4.69, 9.17) is 5.11 Å². The standard InChI is InChI=1S/C11H10F3NO2/c1-7(16)6-15-10(17)8-3-2-4-9(5-8)11(12,13)14/h2-5,16H,1,6H2,(H,15,17). The third-order valence-corrected chi connectivity index (χ3v) is 1.91. The highest BCUT2D eigenvalue weighted by molar-refractivity contribution is 5.94. The van der Waals surface area contributed by atoms with Gasteiger partial charge in [-0.25, -0.2) is 0 Å². The Morgan fingerprint density at radius 1 is 1.41 bits per heavy atom. The SMILES string of the molecule is C=C(O)CNC(=O)c1cccc(C(F)(F)F)c1. The molecule has 1 aromatic rings. The molecule has 0 bridgehead atoms. The topological polar surface area (TPSA) is 49.3 Å². The fraction of sp³-hybridized carbons (Fsp3) is 0.182. The quantitative estimate of drug-likeness (QED) is 0.804. The van der Waals surface area contributed by atoms with Crippen LogP contribution in [0.3, 0.4) is 0 Å². The molecule has 0 saturated carbocycles. The lowest BCUT2D eigenvalue weighted by Crippen LogP contribution is -2.25. The molecule has 0 aliphatic heterocycles. The summed E-state index contributed by atoms with van der Waals surface area (Å²) in [4.78, 5) is 11.4. The Kier molecular flexibility index (Phi) is 3.77. The third-order valence-electron chi connectivity index (χ3n) is 1.91. The smallest absolute Gasteiger partial charge is 0.416 e. The van der Waals surface area contributed by atoms with Gasteiger partial charge in [0.15, 0.2) is 0 Å². The number of hydrogen-bond acceptors (Lipinski definition) is 2. The number of alkyl halides is 3. The number of aliphatic hydroxyl groups excluding tert-OH is 1. The van der Waals surface area contributed by atoms with E-state index in [0.29, 0.717) is 0 Å². The van der Waals surface area contributed by atoms with Crippen molar-refractivity contribution in [3.05, 3.63) is 47.7 Å². The lowest BCUT2D eigenvalue weighted by atomic mass is 10.1. The minimum Gasteiger partial charge on any atom is -0.511 e. The summed E-state index contributed by atoms with van der Waals surface area (Å²) in [6.07, 6.45) is -4.49. The molecule has 0 radical (unpaired) electrons.